The van der Waals surface area contributed by atoms with Crippen molar-refractivity contribution in [3.05, 3.63) is 47.8 Å². The van der Waals surface area contributed by atoms with Crippen LogP contribution in [-0.2, 0) is 6.42 Å². The molecule has 0 unspecified atom stereocenters. The molecule has 1 fully saturated rings. The summed E-state index contributed by atoms with van der Waals surface area (Å²) in [7, 11) is 0. The molecule has 1 aromatic carbocycles. The normalized spacial score (nSPS) is 15.4. The van der Waals surface area contributed by atoms with Crippen molar-refractivity contribution in [2.75, 3.05) is 29.9 Å². The third-order valence-corrected chi connectivity index (χ3v) is 4.97. The van der Waals surface area contributed by atoms with Gasteiger partial charge in [-0.25, -0.2) is 9.97 Å². The van der Waals surface area contributed by atoms with Gasteiger partial charge in [0.1, 0.15) is 17.5 Å². The third-order valence-electron chi connectivity index (χ3n) is 4.97. The van der Waals surface area contributed by atoms with Crippen molar-refractivity contribution >= 4 is 11.6 Å². The Balaban J connectivity index is 1.57. The number of nitrogens with zero attached hydrogens (tertiary/aromatic N) is 3. The lowest BCUT2D eigenvalue weighted by molar-refractivity contribution is 0.402. The number of unbranched alkanes of at least 4 members (excludes halogenated alkanes) is 1. The van der Waals surface area contributed by atoms with Crippen LogP contribution in [-0.4, -0.2) is 29.6 Å². The molecule has 4 nitrogen and oxygen atoms in total. The zero-order chi connectivity index (χ0) is 17.5. The first-order valence-corrected chi connectivity index (χ1v) is 9.63. The Morgan fingerprint density at radius 2 is 1.88 bits per heavy atom. The second-order valence-corrected chi connectivity index (χ2v) is 7.06. The van der Waals surface area contributed by atoms with Crippen LogP contribution in [0.15, 0.2) is 36.4 Å². The van der Waals surface area contributed by atoms with Gasteiger partial charge in [0.25, 0.3) is 0 Å². The second kappa shape index (κ2) is 8.84. The smallest absolute Gasteiger partial charge is 0.134 e. The highest BCUT2D eigenvalue weighted by Gasteiger charge is 2.21. The van der Waals surface area contributed by atoms with Gasteiger partial charge in [-0.05, 0) is 44.1 Å². The predicted octanol–water partition coefficient (Wildman–Crippen LogP) is 4.46. The molecule has 1 aliphatic rings. The van der Waals surface area contributed by atoms with Crippen molar-refractivity contribution < 1.29 is 0 Å². The van der Waals surface area contributed by atoms with E-state index in [4.69, 9.17) is 0 Å². The molecule has 0 saturated carbocycles. The first kappa shape index (κ1) is 17.7. The Hall–Kier alpha value is -2.10. The maximum atomic E-state index is 4.67. The second-order valence-electron chi connectivity index (χ2n) is 7.06. The predicted molar refractivity (Wildman–Crippen MR) is 105 cm³/mol. The molecule has 1 aromatic heterocycles. The number of benzene rings is 1. The van der Waals surface area contributed by atoms with Gasteiger partial charge in [-0.15, -0.1) is 0 Å². The molecule has 134 valence electrons. The average molecular weight is 338 g/mol. The minimum Gasteiger partial charge on any atom is -0.370 e. The van der Waals surface area contributed by atoms with E-state index in [9.17, 15) is 0 Å². The minimum absolute atomic E-state index is 0.781. The van der Waals surface area contributed by atoms with Gasteiger partial charge in [0, 0.05) is 25.7 Å². The fourth-order valence-electron chi connectivity index (χ4n) is 3.51. The van der Waals surface area contributed by atoms with Gasteiger partial charge in [0.05, 0.1) is 0 Å². The zero-order valence-corrected chi connectivity index (χ0v) is 15.5. The van der Waals surface area contributed by atoms with Crippen molar-refractivity contribution in [3.8, 4) is 0 Å². The number of aryl methyl sites for hydroxylation is 1. The van der Waals surface area contributed by atoms with E-state index in [1.54, 1.807) is 0 Å². The van der Waals surface area contributed by atoms with Crippen LogP contribution in [0.25, 0.3) is 0 Å². The van der Waals surface area contributed by atoms with Gasteiger partial charge in [0.2, 0.25) is 0 Å². The van der Waals surface area contributed by atoms with Crippen molar-refractivity contribution in [2.24, 2.45) is 5.92 Å². The molecular formula is C21H30N4. The van der Waals surface area contributed by atoms with Crippen molar-refractivity contribution in [2.45, 2.75) is 46.0 Å². The van der Waals surface area contributed by atoms with Crippen LogP contribution in [0.3, 0.4) is 0 Å². The molecule has 25 heavy (non-hydrogen) atoms. The molecule has 0 aliphatic carbocycles. The fourth-order valence-corrected chi connectivity index (χ4v) is 3.51. The topological polar surface area (TPSA) is 41.0 Å². The molecule has 1 saturated heterocycles. The van der Waals surface area contributed by atoms with Crippen LogP contribution in [0.1, 0.15) is 44.0 Å². The molecule has 3 rings (SSSR count). The van der Waals surface area contributed by atoms with Crippen LogP contribution in [0, 0.1) is 12.8 Å². The highest BCUT2D eigenvalue weighted by Crippen LogP contribution is 2.26. The zero-order valence-electron chi connectivity index (χ0n) is 15.5. The Bertz CT molecular complexity index is 648. The highest BCUT2D eigenvalue weighted by molar-refractivity contribution is 5.49. The first-order valence-electron chi connectivity index (χ1n) is 9.63. The van der Waals surface area contributed by atoms with Crippen LogP contribution in [0.5, 0.6) is 0 Å². The summed E-state index contributed by atoms with van der Waals surface area (Å²) in [4.78, 5) is 11.6. The van der Waals surface area contributed by atoms with E-state index in [1.165, 1.54) is 37.7 Å². The highest BCUT2D eigenvalue weighted by atomic mass is 15.2. The summed E-state index contributed by atoms with van der Waals surface area (Å²) in [5.41, 5.74) is 1.46. The van der Waals surface area contributed by atoms with E-state index in [0.29, 0.717) is 0 Å². The molecule has 0 bridgehead atoms. The van der Waals surface area contributed by atoms with Crippen LogP contribution < -0.4 is 10.2 Å². The molecule has 2 aromatic rings. The minimum atomic E-state index is 0.781. The average Bonchev–Trinajstić information content (AvgIpc) is 2.63. The maximum Gasteiger partial charge on any atom is 0.134 e. The lowest BCUT2D eigenvalue weighted by Crippen LogP contribution is -2.35. The quantitative estimate of drug-likeness (QED) is 0.757. The van der Waals surface area contributed by atoms with Gasteiger partial charge in [-0.1, -0.05) is 43.7 Å². The van der Waals surface area contributed by atoms with Gasteiger partial charge in [-0.3, -0.25) is 0 Å². The molecule has 0 amide bonds. The molecule has 0 radical (unpaired) electrons. The third kappa shape index (κ3) is 5.18. The Kier molecular flexibility index (Phi) is 6.26. The monoisotopic (exact) mass is 338 g/mol. The van der Waals surface area contributed by atoms with Gasteiger partial charge >= 0.3 is 0 Å². The molecule has 0 atom stereocenters. The van der Waals surface area contributed by atoms with Gasteiger partial charge < -0.3 is 10.2 Å². The lowest BCUT2D eigenvalue weighted by atomic mass is 9.90. The summed E-state index contributed by atoms with van der Waals surface area (Å²) in [5.74, 6) is 3.67. The number of piperidine rings is 1. The fraction of sp³-hybridized carbons (Fsp3) is 0.524. The summed E-state index contributed by atoms with van der Waals surface area (Å²) in [6.45, 7) is 7.34. The molecule has 1 aliphatic heterocycles. The number of hydrogen-bond donors (Lipinski definition) is 1. The van der Waals surface area contributed by atoms with Crippen molar-refractivity contribution in [3.63, 3.8) is 0 Å². The van der Waals surface area contributed by atoms with E-state index in [0.717, 1.165) is 43.0 Å². The molecule has 0 spiro atoms. The lowest BCUT2D eigenvalue weighted by Gasteiger charge is -2.33. The number of aromatic nitrogens is 2. The number of rotatable bonds is 7. The Labute approximate surface area is 151 Å². The van der Waals surface area contributed by atoms with Gasteiger partial charge in [0.15, 0.2) is 0 Å². The first-order chi connectivity index (χ1) is 12.2. The Morgan fingerprint density at radius 3 is 2.60 bits per heavy atom. The molecule has 4 heteroatoms. The summed E-state index contributed by atoms with van der Waals surface area (Å²) in [6.07, 6.45) is 6.02. The summed E-state index contributed by atoms with van der Waals surface area (Å²) in [5, 5.41) is 3.43. The van der Waals surface area contributed by atoms with Crippen LogP contribution >= 0.6 is 0 Å². The molecular weight excluding hydrogens is 308 g/mol. The number of hydrogen-bond acceptors (Lipinski definition) is 4. The van der Waals surface area contributed by atoms with Crippen molar-refractivity contribution in [1.29, 1.82) is 0 Å². The molecule has 1 N–H and O–H groups in total. The standard InChI is InChI=1S/C21H30N4/c1-3-4-12-22-20-16-21(24-17(2)23-20)25-13-10-19(11-14-25)15-18-8-6-5-7-9-18/h5-9,16,19H,3-4,10-15H2,1-2H3,(H,22,23,24). The summed E-state index contributed by atoms with van der Waals surface area (Å²) >= 11 is 0. The van der Waals surface area contributed by atoms with E-state index in [1.807, 2.05) is 6.92 Å². The summed E-state index contributed by atoms with van der Waals surface area (Å²) in [6, 6.07) is 13.0. The van der Waals surface area contributed by atoms with E-state index in [2.05, 4.69) is 63.5 Å². The van der Waals surface area contributed by atoms with Crippen LogP contribution in [0.2, 0.25) is 0 Å². The largest absolute Gasteiger partial charge is 0.370 e. The maximum absolute atomic E-state index is 4.67. The van der Waals surface area contributed by atoms with Gasteiger partial charge in [-0.2, -0.15) is 0 Å². The number of anilines is 2. The SMILES string of the molecule is CCCCNc1cc(N2CCC(Cc3ccccc3)CC2)nc(C)n1. The van der Waals surface area contributed by atoms with E-state index >= 15 is 0 Å². The summed E-state index contributed by atoms with van der Waals surface area (Å²) < 4.78 is 0. The number of nitrogens with one attached hydrogen (secondary N) is 1. The van der Waals surface area contributed by atoms with E-state index in [-0.39, 0.29) is 0 Å². The molecule has 2 heterocycles. The van der Waals surface area contributed by atoms with Crippen LogP contribution in [0.4, 0.5) is 11.6 Å². The Morgan fingerprint density at radius 1 is 1.12 bits per heavy atom. The van der Waals surface area contributed by atoms with Crippen molar-refractivity contribution in [1.82, 2.24) is 9.97 Å². The van der Waals surface area contributed by atoms with E-state index < -0.39 is 0 Å².